The summed E-state index contributed by atoms with van der Waals surface area (Å²) in [5.41, 5.74) is 2.92. The molecule has 0 aliphatic heterocycles. The van der Waals surface area contributed by atoms with Crippen LogP contribution in [0.4, 0.5) is 5.82 Å². The molecule has 0 bridgehead atoms. The van der Waals surface area contributed by atoms with Crippen molar-refractivity contribution in [1.29, 1.82) is 0 Å². The number of hydrogen-bond acceptors (Lipinski definition) is 5. The largest absolute Gasteiger partial charge is 0.370 e. The summed E-state index contributed by atoms with van der Waals surface area (Å²) in [6.45, 7) is 0.789. The van der Waals surface area contributed by atoms with Gasteiger partial charge in [0.25, 0.3) is 0 Å². The van der Waals surface area contributed by atoms with E-state index in [1.165, 1.54) is 0 Å². The van der Waals surface area contributed by atoms with E-state index in [4.69, 9.17) is 11.6 Å². The highest BCUT2D eigenvalue weighted by Gasteiger charge is 1.97. The lowest BCUT2D eigenvalue weighted by Gasteiger charge is -2.03. The zero-order valence-corrected chi connectivity index (χ0v) is 9.42. The van der Waals surface area contributed by atoms with E-state index in [1.807, 2.05) is 10.9 Å². The predicted octanol–water partition coefficient (Wildman–Crippen LogP) is 2.24. The van der Waals surface area contributed by atoms with Crippen LogP contribution in [0, 0.1) is 0 Å². The lowest BCUT2D eigenvalue weighted by molar-refractivity contribution is 0.964. The number of thiazole rings is 1. The van der Waals surface area contributed by atoms with Gasteiger partial charge in [-0.15, -0.1) is 11.3 Å². The molecule has 2 heterocycles. The van der Waals surface area contributed by atoms with E-state index in [0.29, 0.717) is 0 Å². The summed E-state index contributed by atoms with van der Waals surface area (Å²) < 4.78 is 0. The van der Waals surface area contributed by atoms with E-state index < -0.39 is 0 Å². The second kappa shape index (κ2) is 5.04. The lowest BCUT2D eigenvalue weighted by atomic mass is 10.3. The summed E-state index contributed by atoms with van der Waals surface area (Å²) >= 11 is 7.25. The van der Waals surface area contributed by atoms with Gasteiger partial charge < -0.3 is 5.32 Å². The highest BCUT2D eigenvalue weighted by molar-refractivity contribution is 7.07. The van der Waals surface area contributed by atoms with E-state index >= 15 is 0 Å². The molecule has 0 radical (unpaired) electrons. The number of nitrogens with zero attached hydrogens (tertiary/aromatic N) is 3. The third-order valence-electron chi connectivity index (χ3n) is 1.80. The maximum absolute atomic E-state index is 5.65. The fourth-order valence-corrected chi connectivity index (χ4v) is 1.85. The van der Waals surface area contributed by atoms with Crippen LogP contribution in [0.3, 0.4) is 0 Å². The predicted molar refractivity (Wildman–Crippen MR) is 61.3 cm³/mol. The molecule has 0 aliphatic carbocycles. The summed E-state index contributed by atoms with van der Waals surface area (Å²) in [5.74, 6) is 0.741. The monoisotopic (exact) mass is 240 g/mol. The van der Waals surface area contributed by atoms with Gasteiger partial charge >= 0.3 is 0 Å². The van der Waals surface area contributed by atoms with Crippen molar-refractivity contribution in [2.45, 2.75) is 6.42 Å². The van der Waals surface area contributed by atoms with Gasteiger partial charge in [-0.05, 0) is 17.7 Å². The normalized spacial score (nSPS) is 10.2. The quantitative estimate of drug-likeness (QED) is 0.833. The van der Waals surface area contributed by atoms with Crippen molar-refractivity contribution < 1.29 is 0 Å². The summed E-state index contributed by atoms with van der Waals surface area (Å²) in [5, 5.41) is 5.45. The molecule has 2 aromatic rings. The van der Waals surface area contributed by atoms with Crippen molar-refractivity contribution in [3.05, 3.63) is 34.1 Å². The maximum atomic E-state index is 5.65. The summed E-state index contributed by atoms with van der Waals surface area (Å²) in [6, 6.07) is 1.78. The van der Waals surface area contributed by atoms with Crippen LogP contribution in [0.2, 0.25) is 5.28 Å². The average molecular weight is 241 g/mol. The van der Waals surface area contributed by atoms with Crippen molar-refractivity contribution in [3.8, 4) is 0 Å². The highest BCUT2D eigenvalue weighted by Crippen LogP contribution is 2.06. The minimum absolute atomic E-state index is 0.258. The second-order valence-electron chi connectivity index (χ2n) is 2.87. The third kappa shape index (κ3) is 3.14. The summed E-state index contributed by atoms with van der Waals surface area (Å²) in [6.07, 6.45) is 2.51. The molecule has 2 aromatic heterocycles. The van der Waals surface area contributed by atoms with Crippen molar-refractivity contribution in [2.75, 3.05) is 11.9 Å². The minimum atomic E-state index is 0.258. The van der Waals surface area contributed by atoms with E-state index in [9.17, 15) is 0 Å². The molecule has 4 nitrogen and oxygen atoms in total. The van der Waals surface area contributed by atoms with E-state index in [0.717, 1.165) is 24.5 Å². The Kier molecular flexibility index (Phi) is 3.47. The molecule has 15 heavy (non-hydrogen) atoms. The van der Waals surface area contributed by atoms with E-state index in [-0.39, 0.29) is 5.28 Å². The zero-order chi connectivity index (χ0) is 10.5. The molecule has 78 valence electrons. The Bertz CT molecular complexity index is 418. The molecule has 6 heteroatoms. The Morgan fingerprint density at radius 3 is 3.07 bits per heavy atom. The topological polar surface area (TPSA) is 50.7 Å². The molecular formula is C9H9ClN4S. The van der Waals surface area contributed by atoms with Crippen LogP contribution in [0.25, 0.3) is 0 Å². The Morgan fingerprint density at radius 2 is 2.33 bits per heavy atom. The molecule has 0 unspecified atom stereocenters. The number of anilines is 1. The van der Waals surface area contributed by atoms with E-state index in [1.54, 1.807) is 23.6 Å². The molecule has 0 atom stereocenters. The van der Waals surface area contributed by atoms with Crippen LogP contribution >= 0.6 is 22.9 Å². The molecule has 0 amide bonds. The first-order chi connectivity index (χ1) is 7.34. The first kappa shape index (κ1) is 10.3. The van der Waals surface area contributed by atoms with Gasteiger partial charge in [-0.1, -0.05) is 0 Å². The third-order valence-corrected chi connectivity index (χ3v) is 2.61. The molecule has 0 spiro atoms. The van der Waals surface area contributed by atoms with E-state index in [2.05, 4.69) is 20.3 Å². The van der Waals surface area contributed by atoms with Crippen LogP contribution in [0.15, 0.2) is 23.2 Å². The molecule has 0 aromatic carbocycles. The molecule has 0 saturated heterocycles. The molecule has 0 saturated carbocycles. The van der Waals surface area contributed by atoms with Crippen LogP contribution < -0.4 is 5.32 Å². The van der Waals surface area contributed by atoms with Gasteiger partial charge in [0, 0.05) is 24.5 Å². The zero-order valence-electron chi connectivity index (χ0n) is 7.85. The first-order valence-electron chi connectivity index (χ1n) is 4.44. The minimum Gasteiger partial charge on any atom is -0.370 e. The standard InChI is InChI=1S/C9H9ClN4S/c10-9-12-4-2-8(14-9)11-3-1-7-5-15-6-13-7/h2,4-6H,1,3H2,(H,11,12,14). The average Bonchev–Trinajstić information content (AvgIpc) is 2.71. The van der Waals surface area contributed by atoms with Gasteiger partial charge in [0.05, 0.1) is 11.2 Å². The lowest BCUT2D eigenvalue weighted by Crippen LogP contribution is -2.06. The molecule has 2 rings (SSSR count). The van der Waals surface area contributed by atoms with Gasteiger partial charge in [0.15, 0.2) is 0 Å². The van der Waals surface area contributed by atoms with Crippen molar-refractivity contribution in [1.82, 2.24) is 15.0 Å². The van der Waals surface area contributed by atoms with Crippen LogP contribution in [-0.2, 0) is 6.42 Å². The molecule has 0 fully saturated rings. The first-order valence-corrected chi connectivity index (χ1v) is 5.76. The fraction of sp³-hybridized carbons (Fsp3) is 0.222. The number of halogens is 1. The van der Waals surface area contributed by atoms with Crippen LogP contribution in [-0.4, -0.2) is 21.5 Å². The number of nitrogens with one attached hydrogen (secondary N) is 1. The van der Waals surface area contributed by atoms with Gasteiger partial charge in [0.2, 0.25) is 5.28 Å². The smallest absolute Gasteiger partial charge is 0.224 e. The number of aromatic nitrogens is 3. The summed E-state index contributed by atoms with van der Waals surface area (Å²) in [7, 11) is 0. The van der Waals surface area contributed by atoms with Crippen LogP contribution in [0.5, 0.6) is 0 Å². The van der Waals surface area contributed by atoms with Crippen molar-refractivity contribution in [2.24, 2.45) is 0 Å². The maximum Gasteiger partial charge on any atom is 0.224 e. The van der Waals surface area contributed by atoms with Crippen LogP contribution in [0.1, 0.15) is 5.69 Å². The Labute approximate surface area is 96.4 Å². The molecular weight excluding hydrogens is 232 g/mol. The fourth-order valence-electron chi connectivity index (χ4n) is 1.11. The Balaban J connectivity index is 1.83. The SMILES string of the molecule is Clc1nccc(NCCc2cscn2)n1. The van der Waals surface area contributed by atoms with Gasteiger partial charge in [-0.25, -0.2) is 15.0 Å². The van der Waals surface area contributed by atoms with Crippen molar-refractivity contribution in [3.63, 3.8) is 0 Å². The van der Waals surface area contributed by atoms with Gasteiger partial charge in [-0.2, -0.15) is 0 Å². The highest BCUT2D eigenvalue weighted by atomic mass is 35.5. The van der Waals surface area contributed by atoms with Crippen molar-refractivity contribution >= 4 is 28.8 Å². The van der Waals surface area contributed by atoms with Gasteiger partial charge in [0.1, 0.15) is 5.82 Å². The molecule has 0 aliphatic rings. The summed E-state index contributed by atoms with van der Waals surface area (Å²) in [4.78, 5) is 12.0. The number of hydrogen-bond donors (Lipinski definition) is 1. The Hall–Kier alpha value is -1.20. The molecule has 1 N–H and O–H groups in total. The number of rotatable bonds is 4. The second-order valence-corrected chi connectivity index (χ2v) is 3.92. The van der Waals surface area contributed by atoms with Gasteiger partial charge in [-0.3, -0.25) is 0 Å². The Morgan fingerprint density at radius 1 is 1.40 bits per heavy atom.